The summed E-state index contributed by atoms with van der Waals surface area (Å²) in [5.41, 5.74) is 0. The number of carboxylic acids is 1. The lowest BCUT2D eigenvalue weighted by molar-refractivity contribution is -0.162. The second-order valence-corrected chi connectivity index (χ2v) is 4.87. The first kappa shape index (κ1) is 15.5. The molecule has 9 nitrogen and oxygen atoms in total. The maximum absolute atomic E-state index is 10.4. The van der Waals surface area contributed by atoms with E-state index in [1.165, 1.54) is 0 Å². The Bertz CT molecular complexity index is 286. The van der Waals surface area contributed by atoms with Crippen LogP contribution in [-0.2, 0) is 9.36 Å². The van der Waals surface area contributed by atoms with Gasteiger partial charge in [0.1, 0.15) is 12.2 Å². The largest absolute Gasteiger partial charge is 0.479 e. The molecule has 96 valence electrons. The summed E-state index contributed by atoms with van der Waals surface area (Å²) in [7, 11) is -4.62. The van der Waals surface area contributed by atoms with Gasteiger partial charge in [-0.05, 0) is 0 Å². The van der Waals surface area contributed by atoms with Crippen LogP contribution in [-0.4, -0.2) is 71.9 Å². The lowest BCUT2D eigenvalue weighted by Gasteiger charge is -2.24. The zero-order chi connectivity index (χ0) is 13.1. The van der Waals surface area contributed by atoms with Crippen molar-refractivity contribution in [3.63, 3.8) is 0 Å². The van der Waals surface area contributed by atoms with Crippen molar-refractivity contribution in [1.29, 1.82) is 0 Å². The molecule has 16 heavy (non-hydrogen) atoms. The molecular weight excluding hydrogens is 247 g/mol. The molecule has 4 atom stereocenters. The molecule has 0 spiro atoms. The van der Waals surface area contributed by atoms with Crippen LogP contribution in [0.3, 0.4) is 0 Å². The maximum Gasteiger partial charge on any atom is 0.335 e. The van der Waals surface area contributed by atoms with Crippen molar-refractivity contribution in [2.24, 2.45) is 0 Å². The number of hydrogen-bond donors (Lipinski definition) is 7. The van der Waals surface area contributed by atoms with Gasteiger partial charge in [0.05, 0.1) is 12.3 Å². The molecule has 0 aliphatic heterocycles. The highest BCUT2D eigenvalue weighted by atomic mass is 31.2. The van der Waals surface area contributed by atoms with Crippen molar-refractivity contribution >= 4 is 13.6 Å². The van der Waals surface area contributed by atoms with Crippen LogP contribution in [0.15, 0.2) is 0 Å². The number of hydrogen-bond acceptors (Lipinski definition) is 6. The molecule has 0 radical (unpaired) electrons. The molecule has 0 amide bonds. The lowest BCUT2D eigenvalue weighted by Crippen LogP contribution is -2.48. The monoisotopic (exact) mass is 260 g/mol. The average Bonchev–Trinajstić information content (AvgIpc) is 2.11. The van der Waals surface area contributed by atoms with E-state index in [1.807, 2.05) is 0 Å². The minimum atomic E-state index is -4.62. The van der Waals surface area contributed by atoms with Crippen LogP contribution in [0.1, 0.15) is 0 Å². The second kappa shape index (κ2) is 5.69. The third-order valence-corrected chi connectivity index (χ3v) is 2.60. The van der Waals surface area contributed by atoms with E-state index in [9.17, 15) is 9.36 Å². The molecule has 0 rings (SSSR count). The molecule has 10 heteroatoms. The summed E-state index contributed by atoms with van der Waals surface area (Å²) in [5.74, 6) is -1.84. The summed E-state index contributed by atoms with van der Waals surface area (Å²) in [6.07, 6.45) is -10.00. The third kappa shape index (κ3) is 4.99. The van der Waals surface area contributed by atoms with Crippen molar-refractivity contribution in [3.05, 3.63) is 0 Å². The highest BCUT2D eigenvalue weighted by molar-refractivity contribution is 7.51. The molecule has 0 bridgehead atoms. The Balaban J connectivity index is 4.49. The van der Waals surface area contributed by atoms with Gasteiger partial charge < -0.3 is 35.3 Å². The molecule has 0 saturated carbocycles. The van der Waals surface area contributed by atoms with Crippen molar-refractivity contribution in [2.75, 3.05) is 6.16 Å². The molecule has 0 heterocycles. The van der Waals surface area contributed by atoms with Crippen LogP contribution in [0, 0.1) is 0 Å². The van der Waals surface area contributed by atoms with E-state index < -0.39 is 44.1 Å². The smallest absolute Gasteiger partial charge is 0.335 e. The van der Waals surface area contributed by atoms with E-state index in [2.05, 4.69) is 0 Å². The highest BCUT2D eigenvalue weighted by Crippen LogP contribution is 2.35. The topological polar surface area (TPSA) is 176 Å². The standard InChI is InChI=1S/C6H13O9P/c7-2(1-16(13,14)15)3(8)4(9)5(10)6(11)12/h2-5,7-10H,1H2,(H,11,12)(H2,13,14,15)/t2-,3+,4+,5+/m0/s1. The minimum absolute atomic E-state index is 1.16. The predicted molar refractivity (Wildman–Crippen MR) is 48.6 cm³/mol. The van der Waals surface area contributed by atoms with Crippen LogP contribution in [0.25, 0.3) is 0 Å². The average molecular weight is 260 g/mol. The number of carbonyl (C=O) groups is 1. The van der Waals surface area contributed by atoms with E-state index in [1.54, 1.807) is 0 Å². The fourth-order valence-electron chi connectivity index (χ4n) is 0.912. The minimum Gasteiger partial charge on any atom is -0.479 e. The molecule has 0 aliphatic carbocycles. The molecule has 0 aliphatic rings. The summed E-state index contributed by atoms with van der Waals surface area (Å²) in [4.78, 5) is 27.1. The Morgan fingerprint density at radius 2 is 1.50 bits per heavy atom. The van der Waals surface area contributed by atoms with Gasteiger partial charge in [-0.25, -0.2) is 4.79 Å². The van der Waals surface area contributed by atoms with Gasteiger partial charge in [0.2, 0.25) is 0 Å². The quantitative estimate of drug-likeness (QED) is 0.241. The number of aliphatic hydroxyl groups is 4. The van der Waals surface area contributed by atoms with E-state index in [4.69, 9.17) is 35.3 Å². The van der Waals surface area contributed by atoms with Crippen LogP contribution in [0.2, 0.25) is 0 Å². The Hall–Kier alpha value is -0.540. The van der Waals surface area contributed by atoms with Gasteiger partial charge in [-0.3, -0.25) is 4.57 Å². The van der Waals surface area contributed by atoms with Crippen LogP contribution >= 0.6 is 7.60 Å². The normalized spacial score (nSPS) is 19.9. The van der Waals surface area contributed by atoms with E-state index >= 15 is 0 Å². The molecular formula is C6H13O9P. The first-order valence-electron chi connectivity index (χ1n) is 4.06. The second-order valence-electron chi connectivity index (χ2n) is 3.18. The van der Waals surface area contributed by atoms with Crippen LogP contribution in [0.5, 0.6) is 0 Å². The van der Waals surface area contributed by atoms with Crippen molar-refractivity contribution in [3.8, 4) is 0 Å². The zero-order valence-corrected chi connectivity index (χ0v) is 8.81. The molecule has 0 saturated heterocycles. The molecule has 0 aromatic carbocycles. The fourth-order valence-corrected chi connectivity index (χ4v) is 1.62. The van der Waals surface area contributed by atoms with Crippen LogP contribution in [0.4, 0.5) is 0 Å². The first-order valence-corrected chi connectivity index (χ1v) is 5.85. The number of rotatable bonds is 6. The summed E-state index contributed by atoms with van der Waals surface area (Å²) < 4.78 is 10.4. The number of aliphatic carboxylic acids is 1. The van der Waals surface area contributed by atoms with Crippen LogP contribution < -0.4 is 0 Å². The fraction of sp³-hybridized carbons (Fsp3) is 0.833. The zero-order valence-electron chi connectivity index (χ0n) is 7.91. The Morgan fingerprint density at radius 1 is 1.06 bits per heavy atom. The Kier molecular flexibility index (Phi) is 5.50. The number of carboxylic acid groups (broad SMARTS) is 1. The van der Waals surface area contributed by atoms with Crippen molar-refractivity contribution in [1.82, 2.24) is 0 Å². The molecule has 0 aromatic rings. The van der Waals surface area contributed by atoms with E-state index in [0.29, 0.717) is 0 Å². The SMILES string of the molecule is O=C(O)[C@H](O)[C@H](O)[C@H](O)[C@@H](O)CP(=O)(O)O. The summed E-state index contributed by atoms with van der Waals surface area (Å²) in [5, 5.41) is 44.2. The van der Waals surface area contributed by atoms with Gasteiger partial charge in [-0.2, -0.15) is 0 Å². The first-order chi connectivity index (χ1) is 7.06. The maximum atomic E-state index is 10.4. The van der Waals surface area contributed by atoms with Gasteiger partial charge in [0.25, 0.3) is 0 Å². The molecule has 0 aromatic heterocycles. The van der Waals surface area contributed by atoms with Crippen molar-refractivity contribution in [2.45, 2.75) is 24.4 Å². The van der Waals surface area contributed by atoms with E-state index in [-0.39, 0.29) is 0 Å². The van der Waals surface area contributed by atoms with Gasteiger partial charge in [-0.15, -0.1) is 0 Å². The molecule has 0 unspecified atom stereocenters. The van der Waals surface area contributed by atoms with Gasteiger partial charge in [0, 0.05) is 0 Å². The lowest BCUT2D eigenvalue weighted by atomic mass is 10.0. The van der Waals surface area contributed by atoms with Crippen molar-refractivity contribution < 1.29 is 44.7 Å². The van der Waals surface area contributed by atoms with Gasteiger partial charge >= 0.3 is 13.6 Å². The predicted octanol–water partition coefficient (Wildman–Crippen LogP) is -3.31. The summed E-state index contributed by atoms with van der Waals surface area (Å²) in [6, 6.07) is 0. The Morgan fingerprint density at radius 3 is 1.81 bits per heavy atom. The third-order valence-electron chi connectivity index (χ3n) is 1.75. The molecule has 7 N–H and O–H groups in total. The van der Waals surface area contributed by atoms with Gasteiger partial charge in [0.15, 0.2) is 6.10 Å². The van der Waals surface area contributed by atoms with E-state index in [0.717, 1.165) is 0 Å². The highest BCUT2D eigenvalue weighted by Gasteiger charge is 2.36. The molecule has 0 fully saturated rings. The summed E-state index contributed by atoms with van der Waals surface area (Å²) in [6.45, 7) is 0. The number of aliphatic hydroxyl groups excluding tert-OH is 4. The van der Waals surface area contributed by atoms with Gasteiger partial charge in [-0.1, -0.05) is 0 Å². The Labute approximate surface area is 89.7 Å². The summed E-state index contributed by atoms with van der Waals surface area (Å²) >= 11 is 0.